The average molecular weight is 317 g/mol. The summed E-state index contributed by atoms with van der Waals surface area (Å²) in [7, 11) is 0. The molecule has 5 heteroatoms. The van der Waals surface area contributed by atoms with Gasteiger partial charge in [-0.25, -0.2) is 4.98 Å². The minimum Gasteiger partial charge on any atom is -0.250 e. The summed E-state index contributed by atoms with van der Waals surface area (Å²) in [4.78, 5) is 5.40. The Bertz CT molecular complexity index is 805. The third kappa shape index (κ3) is 2.66. The molecular formula is C15H9ClN2S2. The fourth-order valence-electron chi connectivity index (χ4n) is 1.85. The second kappa shape index (κ2) is 5.84. The van der Waals surface area contributed by atoms with Crippen LogP contribution in [-0.2, 0) is 5.75 Å². The molecule has 0 spiro atoms. The van der Waals surface area contributed by atoms with Crippen LogP contribution in [0.25, 0.3) is 10.1 Å². The highest BCUT2D eigenvalue weighted by Gasteiger charge is 2.10. The molecule has 0 atom stereocenters. The van der Waals surface area contributed by atoms with E-state index in [4.69, 9.17) is 16.9 Å². The minimum atomic E-state index is 0.630. The lowest BCUT2D eigenvalue weighted by Crippen LogP contribution is -1.83. The first-order valence-corrected chi connectivity index (χ1v) is 8.11. The lowest BCUT2D eigenvalue weighted by Gasteiger charge is -1.99. The van der Waals surface area contributed by atoms with E-state index in [9.17, 15) is 0 Å². The predicted molar refractivity (Wildman–Crippen MR) is 85.3 cm³/mol. The topological polar surface area (TPSA) is 36.7 Å². The third-order valence-corrected chi connectivity index (χ3v) is 5.67. The number of rotatable bonds is 3. The number of nitriles is 1. The van der Waals surface area contributed by atoms with E-state index in [1.807, 2.05) is 18.2 Å². The molecule has 3 rings (SSSR count). The van der Waals surface area contributed by atoms with Gasteiger partial charge in [0.2, 0.25) is 0 Å². The van der Waals surface area contributed by atoms with E-state index < -0.39 is 0 Å². The molecule has 0 aliphatic heterocycles. The summed E-state index contributed by atoms with van der Waals surface area (Å²) < 4.78 is 1.20. The van der Waals surface area contributed by atoms with Crippen LogP contribution >= 0.6 is 34.7 Å². The van der Waals surface area contributed by atoms with E-state index >= 15 is 0 Å². The van der Waals surface area contributed by atoms with Crippen LogP contribution in [0, 0.1) is 11.3 Å². The Labute approximate surface area is 130 Å². The van der Waals surface area contributed by atoms with Gasteiger partial charge in [0.15, 0.2) is 0 Å². The van der Waals surface area contributed by atoms with Gasteiger partial charge >= 0.3 is 0 Å². The largest absolute Gasteiger partial charge is 0.250 e. The lowest BCUT2D eigenvalue weighted by molar-refractivity contribution is 1.12. The average Bonchev–Trinajstić information content (AvgIpc) is 2.82. The molecule has 0 amide bonds. The van der Waals surface area contributed by atoms with Crippen molar-refractivity contribution >= 4 is 44.8 Å². The number of aromatic nitrogens is 1. The molecule has 2 nitrogen and oxygen atoms in total. The summed E-state index contributed by atoms with van der Waals surface area (Å²) in [5, 5.41) is 11.7. The van der Waals surface area contributed by atoms with Crippen LogP contribution in [0.5, 0.6) is 0 Å². The molecule has 0 bridgehead atoms. The number of fused-ring (bicyclic) bond motifs is 1. The summed E-state index contributed by atoms with van der Waals surface area (Å²) in [6.07, 6.45) is 1.66. The highest BCUT2D eigenvalue weighted by molar-refractivity contribution is 7.98. The van der Waals surface area contributed by atoms with Crippen molar-refractivity contribution in [1.82, 2.24) is 4.98 Å². The highest BCUT2D eigenvalue weighted by atomic mass is 35.5. The zero-order valence-electron chi connectivity index (χ0n) is 10.3. The maximum atomic E-state index is 8.88. The van der Waals surface area contributed by atoms with Crippen LogP contribution < -0.4 is 0 Å². The number of benzene rings is 1. The molecule has 2 heterocycles. The van der Waals surface area contributed by atoms with Gasteiger partial charge in [-0.1, -0.05) is 29.8 Å². The first-order valence-electron chi connectivity index (χ1n) is 5.93. The number of thiophene rings is 1. The molecule has 20 heavy (non-hydrogen) atoms. The van der Waals surface area contributed by atoms with Crippen LogP contribution in [0.15, 0.2) is 47.6 Å². The normalized spacial score (nSPS) is 10.6. The van der Waals surface area contributed by atoms with Crippen molar-refractivity contribution < 1.29 is 0 Å². The first kappa shape index (κ1) is 13.4. The number of hydrogen-bond donors (Lipinski definition) is 0. The number of pyridine rings is 1. The molecular weight excluding hydrogens is 308 g/mol. The predicted octanol–water partition coefficient (Wildman–Crippen LogP) is 5.11. The van der Waals surface area contributed by atoms with Gasteiger partial charge in [0.1, 0.15) is 0 Å². The van der Waals surface area contributed by atoms with Gasteiger partial charge < -0.3 is 0 Å². The van der Waals surface area contributed by atoms with E-state index in [0.717, 1.165) is 26.1 Å². The zero-order valence-corrected chi connectivity index (χ0v) is 12.7. The minimum absolute atomic E-state index is 0.630. The maximum Gasteiger partial charge on any atom is 0.0993 e. The molecule has 0 aliphatic rings. The van der Waals surface area contributed by atoms with E-state index in [-0.39, 0.29) is 0 Å². The van der Waals surface area contributed by atoms with Gasteiger partial charge in [-0.15, -0.1) is 23.1 Å². The van der Waals surface area contributed by atoms with Crippen LogP contribution in [0.2, 0.25) is 5.02 Å². The summed E-state index contributed by atoms with van der Waals surface area (Å²) >= 11 is 9.71. The molecule has 2 aromatic heterocycles. The number of thioether (sulfide) groups is 1. The highest BCUT2D eigenvalue weighted by Crippen LogP contribution is 2.38. The van der Waals surface area contributed by atoms with Crippen molar-refractivity contribution in [1.29, 1.82) is 5.26 Å². The third-order valence-electron chi connectivity index (χ3n) is 2.82. The SMILES string of the molecule is N#Cc1ccnc(SCc2sc3ccccc3c2Cl)c1. The van der Waals surface area contributed by atoms with Gasteiger partial charge in [-0.2, -0.15) is 5.26 Å². The first-order chi connectivity index (χ1) is 9.78. The molecule has 3 aromatic rings. The molecule has 0 radical (unpaired) electrons. The van der Waals surface area contributed by atoms with Crippen LogP contribution in [0.3, 0.4) is 0 Å². The number of hydrogen-bond acceptors (Lipinski definition) is 4. The molecule has 0 N–H and O–H groups in total. The Morgan fingerprint density at radius 2 is 2.15 bits per heavy atom. The van der Waals surface area contributed by atoms with Crippen LogP contribution in [-0.4, -0.2) is 4.98 Å². The fourth-order valence-corrected chi connectivity index (χ4v) is 4.41. The van der Waals surface area contributed by atoms with Gasteiger partial charge in [0.05, 0.1) is 21.7 Å². The van der Waals surface area contributed by atoms with Crippen LogP contribution in [0.4, 0.5) is 0 Å². The molecule has 0 aliphatic carbocycles. The number of halogens is 1. The monoisotopic (exact) mass is 316 g/mol. The Kier molecular flexibility index (Phi) is 3.93. The molecule has 0 fully saturated rings. The van der Waals surface area contributed by atoms with E-state index in [2.05, 4.69) is 17.1 Å². The van der Waals surface area contributed by atoms with E-state index in [0.29, 0.717) is 5.56 Å². The molecule has 1 aromatic carbocycles. The van der Waals surface area contributed by atoms with E-state index in [1.54, 1.807) is 41.4 Å². The van der Waals surface area contributed by atoms with Gasteiger partial charge in [-0.3, -0.25) is 0 Å². The van der Waals surface area contributed by atoms with Crippen molar-refractivity contribution in [2.45, 2.75) is 10.8 Å². The summed E-state index contributed by atoms with van der Waals surface area (Å²) in [5.41, 5.74) is 0.630. The molecule has 0 unspecified atom stereocenters. The quantitative estimate of drug-likeness (QED) is 0.630. The smallest absolute Gasteiger partial charge is 0.0993 e. The van der Waals surface area contributed by atoms with Gasteiger partial charge in [0.25, 0.3) is 0 Å². The van der Waals surface area contributed by atoms with Gasteiger partial charge in [0, 0.05) is 26.9 Å². The fraction of sp³-hybridized carbons (Fsp3) is 0.0667. The Balaban J connectivity index is 1.83. The van der Waals surface area contributed by atoms with E-state index in [1.165, 1.54) is 4.70 Å². The Hall–Kier alpha value is -1.54. The zero-order chi connectivity index (χ0) is 13.9. The lowest BCUT2D eigenvalue weighted by atomic mass is 10.2. The Morgan fingerprint density at radius 3 is 2.95 bits per heavy atom. The standard InChI is InChI=1S/C15H9ClN2S2/c16-15-11-3-1-2-4-12(11)20-13(15)9-19-14-7-10(8-17)5-6-18-14/h1-7H,9H2. The maximum absolute atomic E-state index is 8.88. The second-order valence-electron chi connectivity index (χ2n) is 4.12. The van der Waals surface area contributed by atoms with Crippen LogP contribution in [0.1, 0.15) is 10.4 Å². The number of nitrogens with zero attached hydrogens (tertiary/aromatic N) is 2. The van der Waals surface area contributed by atoms with Crippen molar-refractivity contribution in [3.8, 4) is 6.07 Å². The molecule has 0 saturated heterocycles. The van der Waals surface area contributed by atoms with Crippen molar-refractivity contribution in [2.24, 2.45) is 0 Å². The summed E-state index contributed by atoms with van der Waals surface area (Å²) in [6.45, 7) is 0. The summed E-state index contributed by atoms with van der Waals surface area (Å²) in [5.74, 6) is 0.764. The summed E-state index contributed by atoms with van der Waals surface area (Å²) in [6, 6.07) is 13.8. The van der Waals surface area contributed by atoms with Crippen molar-refractivity contribution in [2.75, 3.05) is 0 Å². The Morgan fingerprint density at radius 1 is 1.30 bits per heavy atom. The van der Waals surface area contributed by atoms with Gasteiger partial charge in [-0.05, 0) is 18.2 Å². The molecule has 0 saturated carbocycles. The van der Waals surface area contributed by atoms with Crippen molar-refractivity contribution in [3.05, 3.63) is 58.1 Å². The molecule has 98 valence electrons. The second-order valence-corrected chi connectivity index (χ2v) is 6.63. The van der Waals surface area contributed by atoms with Crippen molar-refractivity contribution in [3.63, 3.8) is 0 Å².